The number of halogens is 2. The van der Waals surface area contributed by atoms with Gasteiger partial charge in [-0.05, 0) is 77.7 Å². The molecular weight excluding hydrogens is 524 g/mol. The second-order valence-corrected chi connectivity index (χ2v) is 12.1. The largest absolute Gasteiger partial charge is 0.389 e. The van der Waals surface area contributed by atoms with Gasteiger partial charge in [0.2, 0.25) is 0 Å². The Morgan fingerprint density at radius 3 is 2.33 bits per heavy atom. The lowest BCUT2D eigenvalue weighted by molar-refractivity contribution is -0.132. The zero-order chi connectivity index (χ0) is 28.5. The van der Waals surface area contributed by atoms with E-state index in [0.717, 1.165) is 44.9 Å². The highest BCUT2D eigenvalue weighted by molar-refractivity contribution is 7.81. The molecule has 214 valence electrons. The van der Waals surface area contributed by atoms with Gasteiger partial charge in [-0.15, -0.1) is 0 Å². The Labute approximate surface area is 234 Å². The van der Waals surface area contributed by atoms with Crippen molar-refractivity contribution in [2.24, 2.45) is 10.9 Å². The maximum absolute atomic E-state index is 14.3. The van der Waals surface area contributed by atoms with Crippen LogP contribution < -0.4 is 10.6 Å². The second kappa shape index (κ2) is 11.9. The topological polar surface area (TPSA) is 107 Å². The highest BCUT2D eigenvalue weighted by Gasteiger charge is 2.45. The summed E-state index contributed by atoms with van der Waals surface area (Å²) in [6.07, 6.45) is 5.06. The number of pyridine rings is 1. The van der Waals surface area contributed by atoms with E-state index in [2.05, 4.69) is 20.6 Å². The third kappa shape index (κ3) is 6.98. The van der Waals surface area contributed by atoms with Crippen molar-refractivity contribution < 1.29 is 23.5 Å². The van der Waals surface area contributed by atoms with Crippen LogP contribution in [0.15, 0.2) is 17.3 Å². The molecule has 2 saturated heterocycles. The normalized spacial score (nSPS) is 22.7. The molecule has 39 heavy (non-hydrogen) atoms. The Hall–Kier alpha value is -2.53. The van der Waals surface area contributed by atoms with Gasteiger partial charge in [0.15, 0.2) is 6.04 Å². The van der Waals surface area contributed by atoms with Crippen molar-refractivity contribution in [2.75, 3.05) is 11.9 Å². The molecule has 3 heterocycles. The Balaban J connectivity index is 1.65. The molecule has 3 aliphatic rings. The SMILES string of the molecule is CCC(Nc1cc(C(F)F)c(C(=S)C(/N=C(\C)C(=O)NCC(C)(C)O)C(=O)N2C3CCC2CC3)cn1)C1CC1. The van der Waals surface area contributed by atoms with Crippen molar-refractivity contribution in [1.82, 2.24) is 15.2 Å². The van der Waals surface area contributed by atoms with Crippen LogP contribution in [0.3, 0.4) is 0 Å². The van der Waals surface area contributed by atoms with Crippen LogP contribution in [0.4, 0.5) is 14.6 Å². The van der Waals surface area contributed by atoms with Crippen LogP contribution in [0.2, 0.25) is 0 Å². The lowest BCUT2D eigenvalue weighted by Crippen LogP contribution is -2.46. The number of nitrogens with zero attached hydrogens (tertiary/aromatic N) is 3. The monoisotopic (exact) mass is 563 g/mol. The van der Waals surface area contributed by atoms with Crippen LogP contribution in [0.5, 0.6) is 0 Å². The van der Waals surface area contributed by atoms with Gasteiger partial charge in [0, 0.05) is 42.0 Å². The van der Waals surface area contributed by atoms with Gasteiger partial charge in [-0.3, -0.25) is 14.6 Å². The number of alkyl halides is 2. The number of aliphatic imine (C=N–C) groups is 1. The summed E-state index contributed by atoms with van der Waals surface area (Å²) in [6.45, 7) is 6.58. The smallest absolute Gasteiger partial charge is 0.265 e. The third-order valence-corrected chi connectivity index (χ3v) is 8.37. The van der Waals surface area contributed by atoms with Crippen LogP contribution >= 0.6 is 12.2 Å². The first-order valence-corrected chi connectivity index (χ1v) is 14.3. The van der Waals surface area contributed by atoms with Gasteiger partial charge >= 0.3 is 0 Å². The molecule has 1 aromatic rings. The molecule has 0 radical (unpaired) electrons. The van der Waals surface area contributed by atoms with Gasteiger partial charge in [0.1, 0.15) is 5.82 Å². The molecule has 2 unspecified atom stereocenters. The molecule has 8 nitrogen and oxygen atoms in total. The summed E-state index contributed by atoms with van der Waals surface area (Å²) in [5, 5.41) is 15.8. The fraction of sp³-hybridized carbons (Fsp3) is 0.679. The van der Waals surface area contributed by atoms with Crippen molar-refractivity contribution in [3.05, 3.63) is 23.4 Å². The zero-order valence-electron chi connectivity index (χ0n) is 23.0. The molecule has 11 heteroatoms. The number of carbonyl (C=O) groups excluding carboxylic acids is 2. The number of aliphatic hydroxyl groups is 1. The van der Waals surface area contributed by atoms with Crippen molar-refractivity contribution in [2.45, 2.75) is 109 Å². The number of rotatable bonds is 12. The fourth-order valence-corrected chi connectivity index (χ4v) is 5.97. The molecule has 2 atom stereocenters. The average molecular weight is 564 g/mol. The maximum Gasteiger partial charge on any atom is 0.265 e. The Kier molecular flexibility index (Phi) is 9.00. The molecule has 2 bridgehead atoms. The molecule has 1 aliphatic carbocycles. The van der Waals surface area contributed by atoms with Crippen molar-refractivity contribution in [1.29, 1.82) is 0 Å². The predicted octanol–water partition coefficient (Wildman–Crippen LogP) is 4.21. The Morgan fingerprint density at radius 2 is 1.82 bits per heavy atom. The number of thiocarbonyl (C=S) groups is 1. The van der Waals surface area contributed by atoms with E-state index in [1.54, 1.807) is 18.7 Å². The molecule has 1 aromatic heterocycles. The number of hydrogen-bond donors (Lipinski definition) is 3. The number of hydrogen-bond acceptors (Lipinski definition) is 7. The van der Waals surface area contributed by atoms with E-state index < -0.39 is 24.0 Å². The summed E-state index contributed by atoms with van der Waals surface area (Å²) in [6, 6.07) is 0.294. The van der Waals surface area contributed by atoms with Crippen LogP contribution in [0.25, 0.3) is 0 Å². The second-order valence-electron chi connectivity index (χ2n) is 11.6. The first-order valence-electron chi connectivity index (χ1n) is 13.9. The minimum atomic E-state index is -2.85. The highest BCUT2D eigenvalue weighted by atomic mass is 32.1. The molecule has 4 rings (SSSR count). The molecule has 0 spiro atoms. The van der Waals surface area contributed by atoms with Crippen LogP contribution in [-0.2, 0) is 9.59 Å². The molecule has 2 amide bonds. The number of carbonyl (C=O) groups is 2. The van der Waals surface area contributed by atoms with E-state index in [9.17, 15) is 23.5 Å². The molecule has 0 aromatic carbocycles. The molecular formula is C28H39F2N5O3S. The summed E-state index contributed by atoms with van der Waals surface area (Å²) in [7, 11) is 0. The molecule has 3 fully saturated rings. The summed E-state index contributed by atoms with van der Waals surface area (Å²) < 4.78 is 28.7. The minimum absolute atomic E-state index is 0.0108. The van der Waals surface area contributed by atoms with Crippen LogP contribution in [0.1, 0.15) is 90.2 Å². The van der Waals surface area contributed by atoms with Crippen LogP contribution in [-0.4, -0.2) is 73.7 Å². The summed E-state index contributed by atoms with van der Waals surface area (Å²) >= 11 is 5.67. The highest BCUT2D eigenvalue weighted by Crippen LogP contribution is 2.39. The number of nitrogens with one attached hydrogen (secondary N) is 2. The number of fused-ring (bicyclic) bond motifs is 2. The molecule has 3 N–H and O–H groups in total. The lowest BCUT2D eigenvalue weighted by atomic mass is 10.0. The summed E-state index contributed by atoms with van der Waals surface area (Å²) in [4.78, 5) is 37.1. The maximum atomic E-state index is 14.3. The Morgan fingerprint density at radius 1 is 1.21 bits per heavy atom. The first-order chi connectivity index (χ1) is 18.4. The van der Waals surface area contributed by atoms with Gasteiger partial charge in [0.05, 0.1) is 16.2 Å². The molecule has 2 aliphatic heterocycles. The predicted molar refractivity (Wildman–Crippen MR) is 150 cm³/mol. The van der Waals surface area contributed by atoms with Gasteiger partial charge in [-0.1, -0.05) is 19.1 Å². The average Bonchev–Trinajstić information content (AvgIpc) is 3.56. The van der Waals surface area contributed by atoms with Crippen molar-refractivity contribution in [3.63, 3.8) is 0 Å². The van der Waals surface area contributed by atoms with E-state index in [4.69, 9.17) is 12.2 Å². The number of amides is 2. The van der Waals surface area contributed by atoms with E-state index in [1.807, 2.05) is 6.92 Å². The van der Waals surface area contributed by atoms with Crippen LogP contribution in [0, 0.1) is 5.92 Å². The third-order valence-electron chi connectivity index (χ3n) is 7.92. The Bertz CT molecular complexity index is 1110. The van der Waals surface area contributed by atoms with Crippen molar-refractivity contribution in [3.8, 4) is 0 Å². The molecule has 1 saturated carbocycles. The fourth-order valence-electron chi connectivity index (χ4n) is 5.64. The summed E-state index contributed by atoms with van der Waals surface area (Å²) in [5.41, 5.74) is -1.49. The van der Waals surface area contributed by atoms with Gasteiger partial charge in [0.25, 0.3) is 18.2 Å². The van der Waals surface area contributed by atoms with E-state index in [-0.39, 0.29) is 52.3 Å². The zero-order valence-corrected chi connectivity index (χ0v) is 23.9. The minimum Gasteiger partial charge on any atom is -0.389 e. The number of aromatic nitrogens is 1. The van der Waals surface area contributed by atoms with Gasteiger partial charge in [-0.25, -0.2) is 13.8 Å². The summed E-state index contributed by atoms with van der Waals surface area (Å²) in [5.74, 6) is -0.0756. The van der Waals surface area contributed by atoms with E-state index in [1.165, 1.54) is 19.2 Å². The van der Waals surface area contributed by atoms with E-state index in [0.29, 0.717) is 11.7 Å². The van der Waals surface area contributed by atoms with E-state index >= 15 is 0 Å². The van der Waals surface area contributed by atoms with Gasteiger partial charge in [-0.2, -0.15) is 0 Å². The van der Waals surface area contributed by atoms with Crippen molar-refractivity contribution >= 4 is 40.4 Å². The van der Waals surface area contributed by atoms with Gasteiger partial charge < -0.3 is 20.6 Å². The quantitative estimate of drug-likeness (QED) is 0.200. The number of anilines is 1. The standard InChI is InChI=1S/C28H39F2N5O3S/c1-5-21(16-6-7-16)34-22-12-19(25(29)30)20(13-31-22)24(39)23(27(37)35-17-8-9-18(35)11-10-17)33-15(2)26(36)32-14-28(3,4)38/h12-13,16-18,21,23,25,38H,5-11,14H2,1-4H3,(H,31,34)(H,32,36)/b33-15+. The first kappa shape index (κ1) is 29.5. The lowest BCUT2D eigenvalue weighted by Gasteiger charge is -2.27.